The topological polar surface area (TPSA) is 38.9 Å². The quantitative estimate of drug-likeness (QED) is 0.534. The molecule has 0 saturated carbocycles. The molecular weight excluding hydrogens is 293 g/mol. The van der Waals surface area contributed by atoms with E-state index in [1.165, 1.54) is 0 Å². The molecule has 0 spiro atoms. The van der Waals surface area contributed by atoms with Crippen LogP contribution in [0.25, 0.3) is 33.3 Å². The first kappa shape index (κ1) is 15.1. The van der Waals surface area contributed by atoms with Gasteiger partial charge in [-0.1, -0.05) is 23.3 Å². The lowest BCUT2D eigenvalue weighted by Gasteiger charge is -2.18. The highest BCUT2D eigenvalue weighted by Crippen LogP contribution is 2.34. The molecule has 6 radical (unpaired) electrons. The van der Waals surface area contributed by atoms with Gasteiger partial charge in [-0.05, 0) is 36.8 Å². The zero-order valence-corrected chi connectivity index (χ0v) is 13.2. The molecule has 4 aromatic rings. The number of hydrogen-bond donors (Lipinski definition) is 0. The summed E-state index contributed by atoms with van der Waals surface area (Å²) in [6.07, 6.45) is 1.83. The van der Waals surface area contributed by atoms with Gasteiger partial charge < -0.3 is 4.42 Å². The number of para-hydroxylation sites is 1. The second kappa shape index (κ2) is 5.27. The average molecular weight is 304 g/mol. The first-order chi connectivity index (χ1) is 11.4. The van der Waals surface area contributed by atoms with Gasteiger partial charge >= 0.3 is 0 Å². The van der Waals surface area contributed by atoms with E-state index in [2.05, 4.69) is 9.97 Å². The van der Waals surface area contributed by atoms with Crippen LogP contribution in [0.4, 0.5) is 0 Å². The van der Waals surface area contributed by atoms with Crippen LogP contribution in [0.15, 0.2) is 53.1 Å². The van der Waals surface area contributed by atoms with E-state index in [0.717, 1.165) is 33.2 Å². The number of benzene rings is 1. The highest BCUT2D eigenvalue weighted by atomic mass is 16.3. The number of pyridine rings is 2. The summed E-state index contributed by atoms with van der Waals surface area (Å²) in [6, 6.07) is 13.5. The minimum Gasteiger partial charge on any atom is -0.437 e. The molecule has 0 amide bonds. The standard InChI is InChI=1S/C18H11B3N2O/c1-10-5-7-14(22-9-10)13-4-2-3-11-12-6-8-15(18(19,20)21)23-17(12)24-16(11)13/h2-9H,1H3. The number of hydrogen-bond acceptors (Lipinski definition) is 3. The Balaban J connectivity index is 1.98. The van der Waals surface area contributed by atoms with Crippen LogP contribution in [-0.4, -0.2) is 33.5 Å². The monoisotopic (exact) mass is 304 g/mol. The average Bonchev–Trinajstić information content (AvgIpc) is 2.92. The van der Waals surface area contributed by atoms with Crippen molar-refractivity contribution in [2.24, 2.45) is 0 Å². The summed E-state index contributed by atoms with van der Waals surface area (Å²) in [7, 11) is 17.2. The van der Waals surface area contributed by atoms with Crippen LogP contribution in [0.5, 0.6) is 0 Å². The van der Waals surface area contributed by atoms with Gasteiger partial charge in [-0.2, -0.15) is 0 Å². The molecule has 1 aromatic carbocycles. The van der Waals surface area contributed by atoms with Crippen LogP contribution in [0.1, 0.15) is 11.3 Å². The van der Waals surface area contributed by atoms with Gasteiger partial charge in [0, 0.05) is 28.2 Å². The lowest BCUT2D eigenvalue weighted by atomic mass is 9.41. The summed E-state index contributed by atoms with van der Waals surface area (Å²) in [6.45, 7) is 2.00. The van der Waals surface area contributed by atoms with Gasteiger partial charge in [-0.15, -0.1) is 0 Å². The first-order valence-electron chi connectivity index (χ1n) is 7.56. The summed E-state index contributed by atoms with van der Waals surface area (Å²) >= 11 is 0. The predicted molar refractivity (Wildman–Crippen MR) is 98.4 cm³/mol. The van der Waals surface area contributed by atoms with Gasteiger partial charge in [0.25, 0.3) is 0 Å². The molecule has 0 saturated heterocycles. The lowest BCUT2D eigenvalue weighted by Crippen LogP contribution is -2.28. The second-order valence-electron chi connectivity index (χ2n) is 5.99. The van der Waals surface area contributed by atoms with Crippen molar-refractivity contribution < 1.29 is 4.42 Å². The zero-order chi connectivity index (χ0) is 16.9. The Morgan fingerprint density at radius 2 is 1.79 bits per heavy atom. The summed E-state index contributed by atoms with van der Waals surface area (Å²) < 4.78 is 5.99. The molecule has 0 aliphatic rings. The smallest absolute Gasteiger partial charge is 0.227 e. The van der Waals surface area contributed by atoms with Gasteiger partial charge in [0.2, 0.25) is 5.71 Å². The number of furan rings is 1. The fraction of sp³-hybridized carbons (Fsp3) is 0.111. The van der Waals surface area contributed by atoms with Crippen LogP contribution in [0.2, 0.25) is 0 Å². The molecule has 24 heavy (non-hydrogen) atoms. The Morgan fingerprint density at radius 1 is 0.958 bits per heavy atom. The lowest BCUT2D eigenvalue weighted by molar-refractivity contribution is 0.652. The van der Waals surface area contributed by atoms with Crippen molar-refractivity contribution in [3.05, 3.63) is 59.9 Å². The van der Waals surface area contributed by atoms with Crippen molar-refractivity contribution in [3.8, 4) is 11.3 Å². The largest absolute Gasteiger partial charge is 0.437 e. The van der Waals surface area contributed by atoms with E-state index in [-0.39, 0.29) is 0 Å². The number of aromatic nitrogens is 2. The Bertz CT molecular complexity index is 1050. The molecule has 0 N–H and O–H groups in total. The molecule has 0 bridgehead atoms. The van der Waals surface area contributed by atoms with Gasteiger partial charge in [-0.3, -0.25) is 4.98 Å². The molecule has 108 valence electrons. The maximum absolute atomic E-state index is 5.99. The van der Waals surface area contributed by atoms with Crippen molar-refractivity contribution in [2.75, 3.05) is 0 Å². The van der Waals surface area contributed by atoms with E-state index in [9.17, 15) is 0 Å². The number of rotatable bonds is 2. The van der Waals surface area contributed by atoms with E-state index in [4.69, 9.17) is 28.0 Å². The van der Waals surface area contributed by atoms with Gasteiger partial charge in [-0.25, -0.2) is 4.98 Å². The predicted octanol–water partition coefficient (Wildman–Crippen LogP) is 2.97. The van der Waals surface area contributed by atoms with E-state index in [1.807, 2.05) is 49.5 Å². The molecule has 0 unspecified atom stereocenters. The fourth-order valence-electron chi connectivity index (χ4n) is 2.75. The SMILES string of the molecule is [B]C([B])([B])c1ccc2c(n1)oc1c(-c3ccc(C)cn3)cccc12. The summed E-state index contributed by atoms with van der Waals surface area (Å²) in [5.41, 5.74) is 4.40. The van der Waals surface area contributed by atoms with Gasteiger partial charge in [0.05, 0.1) is 29.2 Å². The highest BCUT2D eigenvalue weighted by molar-refractivity contribution is 6.58. The van der Waals surface area contributed by atoms with Crippen LogP contribution in [0, 0.1) is 6.92 Å². The minimum atomic E-state index is -1.51. The maximum atomic E-state index is 5.99. The summed E-state index contributed by atoms with van der Waals surface area (Å²) in [4.78, 5) is 8.86. The van der Waals surface area contributed by atoms with Crippen LogP contribution >= 0.6 is 0 Å². The third-order valence-electron chi connectivity index (χ3n) is 4.00. The number of nitrogens with zero attached hydrogens (tertiary/aromatic N) is 2. The second-order valence-corrected chi connectivity index (χ2v) is 5.99. The van der Waals surface area contributed by atoms with E-state index in [1.54, 1.807) is 6.07 Å². The Labute approximate surface area is 143 Å². The van der Waals surface area contributed by atoms with Crippen LogP contribution < -0.4 is 0 Å². The molecule has 0 aliphatic heterocycles. The Kier molecular flexibility index (Phi) is 3.31. The number of aryl methyl sites for hydroxylation is 1. The summed E-state index contributed by atoms with van der Waals surface area (Å²) in [5.74, 6) is 0. The molecular formula is C18H11B3N2O. The van der Waals surface area contributed by atoms with Gasteiger partial charge in [0.15, 0.2) is 0 Å². The van der Waals surface area contributed by atoms with Crippen LogP contribution in [-0.2, 0) is 5.11 Å². The molecule has 3 nitrogen and oxygen atoms in total. The van der Waals surface area contributed by atoms with E-state index >= 15 is 0 Å². The van der Waals surface area contributed by atoms with Crippen molar-refractivity contribution in [3.63, 3.8) is 0 Å². The molecule has 6 heteroatoms. The Hall–Kier alpha value is -2.49. The van der Waals surface area contributed by atoms with E-state index < -0.39 is 5.11 Å². The third kappa shape index (κ3) is 2.43. The molecule has 3 heterocycles. The van der Waals surface area contributed by atoms with Crippen molar-refractivity contribution >= 4 is 45.6 Å². The normalized spacial score (nSPS) is 12.0. The molecule has 3 aromatic heterocycles. The van der Waals surface area contributed by atoms with Crippen molar-refractivity contribution in [2.45, 2.75) is 12.0 Å². The Morgan fingerprint density at radius 3 is 2.50 bits per heavy atom. The first-order valence-corrected chi connectivity index (χ1v) is 7.56. The number of fused-ring (bicyclic) bond motifs is 3. The van der Waals surface area contributed by atoms with Crippen molar-refractivity contribution in [1.29, 1.82) is 0 Å². The minimum absolute atomic E-state index is 0.365. The molecule has 0 aliphatic carbocycles. The fourth-order valence-corrected chi connectivity index (χ4v) is 2.75. The third-order valence-corrected chi connectivity index (χ3v) is 4.00. The summed E-state index contributed by atoms with van der Waals surface area (Å²) in [5, 5.41) is 0.335. The van der Waals surface area contributed by atoms with E-state index in [0.29, 0.717) is 11.4 Å². The maximum Gasteiger partial charge on any atom is 0.227 e. The van der Waals surface area contributed by atoms with Gasteiger partial charge in [0.1, 0.15) is 5.58 Å². The molecule has 0 fully saturated rings. The molecule has 0 atom stereocenters. The van der Waals surface area contributed by atoms with Crippen LogP contribution in [0.3, 0.4) is 0 Å². The molecule has 4 rings (SSSR count). The van der Waals surface area contributed by atoms with Crippen molar-refractivity contribution in [1.82, 2.24) is 9.97 Å². The highest BCUT2D eigenvalue weighted by Gasteiger charge is 2.18. The zero-order valence-electron chi connectivity index (χ0n) is 13.2.